The standard InChI is InChI=1S/C19H31NO/c1-3-5-9-17-10-12-18(13-11-17)19(21,4-2)16-20-14-7-6-8-15-20/h10-13,21H,3-9,14-16H2,1-2H3. The van der Waals surface area contributed by atoms with E-state index in [9.17, 15) is 5.11 Å². The van der Waals surface area contributed by atoms with Gasteiger partial charge in [-0.2, -0.15) is 0 Å². The van der Waals surface area contributed by atoms with E-state index in [1.807, 2.05) is 0 Å². The molecule has 1 aliphatic rings. The number of hydrogen-bond acceptors (Lipinski definition) is 2. The lowest BCUT2D eigenvalue weighted by Gasteiger charge is -2.36. The van der Waals surface area contributed by atoms with Gasteiger partial charge in [-0.25, -0.2) is 0 Å². The van der Waals surface area contributed by atoms with Crippen LogP contribution in [-0.4, -0.2) is 29.6 Å². The Labute approximate surface area is 130 Å². The predicted octanol–water partition coefficient (Wildman–Crippen LogP) is 4.11. The molecule has 1 saturated heterocycles. The van der Waals surface area contributed by atoms with Gasteiger partial charge in [0.15, 0.2) is 0 Å². The maximum absolute atomic E-state index is 11.1. The summed E-state index contributed by atoms with van der Waals surface area (Å²) < 4.78 is 0. The van der Waals surface area contributed by atoms with Crippen LogP contribution in [0, 0.1) is 0 Å². The lowest BCUT2D eigenvalue weighted by Crippen LogP contribution is -2.42. The van der Waals surface area contributed by atoms with Gasteiger partial charge in [0.1, 0.15) is 5.60 Å². The summed E-state index contributed by atoms with van der Waals surface area (Å²) in [5.41, 5.74) is 1.77. The van der Waals surface area contributed by atoms with Gasteiger partial charge in [-0.3, -0.25) is 0 Å². The number of likely N-dealkylation sites (tertiary alicyclic amines) is 1. The molecular weight excluding hydrogens is 258 g/mol. The van der Waals surface area contributed by atoms with Crippen LogP contribution in [0.5, 0.6) is 0 Å². The molecule has 1 heterocycles. The normalized spacial score (nSPS) is 19.4. The summed E-state index contributed by atoms with van der Waals surface area (Å²) in [6.07, 6.45) is 8.28. The number of hydrogen-bond donors (Lipinski definition) is 1. The number of piperidine rings is 1. The molecule has 0 amide bonds. The molecule has 0 aliphatic carbocycles. The van der Waals surface area contributed by atoms with Crippen molar-refractivity contribution in [3.63, 3.8) is 0 Å². The van der Waals surface area contributed by atoms with E-state index in [4.69, 9.17) is 0 Å². The molecule has 2 nitrogen and oxygen atoms in total. The Morgan fingerprint density at radius 1 is 1.05 bits per heavy atom. The number of β-amino-alcohol motifs (C(OH)–C–C–N with tert-alkyl or cyclic N) is 1. The topological polar surface area (TPSA) is 23.5 Å². The number of nitrogens with zero attached hydrogens (tertiary/aromatic N) is 1. The fourth-order valence-corrected chi connectivity index (χ4v) is 3.26. The van der Waals surface area contributed by atoms with Gasteiger partial charge in [-0.15, -0.1) is 0 Å². The molecule has 1 atom stereocenters. The van der Waals surface area contributed by atoms with E-state index in [0.717, 1.165) is 38.0 Å². The van der Waals surface area contributed by atoms with Crippen molar-refractivity contribution in [3.8, 4) is 0 Å². The van der Waals surface area contributed by atoms with E-state index in [1.54, 1.807) is 0 Å². The second kappa shape index (κ2) is 7.95. The quantitative estimate of drug-likeness (QED) is 0.816. The lowest BCUT2D eigenvalue weighted by molar-refractivity contribution is -0.00914. The van der Waals surface area contributed by atoms with Crippen molar-refractivity contribution in [2.45, 2.75) is 64.4 Å². The molecule has 2 rings (SSSR count). The first kappa shape index (κ1) is 16.5. The van der Waals surface area contributed by atoms with Crippen LogP contribution in [0.1, 0.15) is 63.5 Å². The highest BCUT2D eigenvalue weighted by atomic mass is 16.3. The second-order valence-electron chi connectivity index (χ2n) is 6.52. The second-order valence-corrected chi connectivity index (χ2v) is 6.52. The third-order valence-corrected chi connectivity index (χ3v) is 4.83. The molecule has 0 saturated carbocycles. The smallest absolute Gasteiger partial charge is 0.102 e. The maximum atomic E-state index is 11.1. The van der Waals surface area contributed by atoms with Crippen LogP contribution >= 0.6 is 0 Å². The Bertz CT molecular complexity index is 408. The first-order valence-electron chi connectivity index (χ1n) is 8.72. The van der Waals surface area contributed by atoms with E-state index >= 15 is 0 Å². The van der Waals surface area contributed by atoms with Crippen molar-refractivity contribution < 1.29 is 5.11 Å². The number of benzene rings is 1. The Morgan fingerprint density at radius 3 is 2.29 bits per heavy atom. The molecule has 0 spiro atoms. The first-order chi connectivity index (χ1) is 10.2. The van der Waals surface area contributed by atoms with E-state index in [1.165, 1.54) is 37.7 Å². The van der Waals surface area contributed by atoms with Gasteiger partial charge in [0, 0.05) is 6.54 Å². The minimum atomic E-state index is -0.694. The average Bonchev–Trinajstić information content (AvgIpc) is 2.54. The molecule has 1 N–H and O–H groups in total. The Balaban J connectivity index is 2.03. The number of unbranched alkanes of at least 4 members (excludes halogenated alkanes) is 1. The Kier molecular flexibility index (Phi) is 6.25. The zero-order valence-electron chi connectivity index (χ0n) is 13.8. The highest BCUT2D eigenvalue weighted by molar-refractivity contribution is 5.27. The lowest BCUT2D eigenvalue weighted by atomic mass is 9.89. The summed E-state index contributed by atoms with van der Waals surface area (Å²) in [5, 5.41) is 11.1. The fraction of sp³-hybridized carbons (Fsp3) is 0.684. The van der Waals surface area contributed by atoms with Crippen molar-refractivity contribution in [1.82, 2.24) is 4.90 Å². The zero-order chi connectivity index (χ0) is 15.1. The van der Waals surface area contributed by atoms with E-state index in [0.29, 0.717) is 0 Å². The molecule has 1 aromatic carbocycles. The van der Waals surface area contributed by atoms with Crippen molar-refractivity contribution in [2.75, 3.05) is 19.6 Å². The molecular formula is C19H31NO. The van der Waals surface area contributed by atoms with Gasteiger partial charge in [0.25, 0.3) is 0 Å². The predicted molar refractivity (Wildman–Crippen MR) is 89.5 cm³/mol. The summed E-state index contributed by atoms with van der Waals surface area (Å²) in [4.78, 5) is 2.43. The summed E-state index contributed by atoms with van der Waals surface area (Å²) in [7, 11) is 0. The van der Waals surface area contributed by atoms with Crippen LogP contribution in [0.25, 0.3) is 0 Å². The van der Waals surface area contributed by atoms with Crippen LogP contribution < -0.4 is 0 Å². The van der Waals surface area contributed by atoms with Crippen molar-refractivity contribution in [3.05, 3.63) is 35.4 Å². The van der Waals surface area contributed by atoms with Gasteiger partial charge in [-0.1, -0.05) is 51.0 Å². The molecule has 21 heavy (non-hydrogen) atoms. The molecule has 118 valence electrons. The summed E-state index contributed by atoms with van der Waals surface area (Å²) in [5.74, 6) is 0. The van der Waals surface area contributed by atoms with Crippen LogP contribution in [0.4, 0.5) is 0 Å². The molecule has 0 radical (unpaired) electrons. The van der Waals surface area contributed by atoms with Gasteiger partial charge in [0.2, 0.25) is 0 Å². The molecule has 1 unspecified atom stereocenters. The van der Waals surface area contributed by atoms with Crippen molar-refractivity contribution >= 4 is 0 Å². The minimum Gasteiger partial charge on any atom is -0.384 e. The maximum Gasteiger partial charge on any atom is 0.102 e. The van der Waals surface area contributed by atoms with Crippen LogP contribution in [-0.2, 0) is 12.0 Å². The largest absolute Gasteiger partial charge is 0.384 e. The van der Waals surface area contributed by atoms with Crippen LogP contribution in [0.15, 0.2) is 24.3 Å². The first-order valence-corrected chi connectivity index (χ1v) is 8.72. The average molecular weight is 289 g/mol. The minimum absolute atomic E-state index is 0.694. The van der Waals surface area contributed by atoms with Gasteiger partial charge < -0.3 is 10.0 Å². The van der Waals surface area contributed by atoms with Crippen molar-refractivity contribution in [1.29, 1.82) is 0 Å². The Hall–Kier alpha value is -0.860. The van der Waals surface area contributed by atoms with Crippen LogP contribution in [0.3, 0.4) is 0 Å². The van der Waals surface area contributed by atoms with Gasteiger partial charge in [-0.05, 0) is 56.3 Å². The van der Waals surface area contributed by atoms with Gasteiger partial charge in [0.05, 0.1) is 0 Å². The third kappa shape index (κ3) is 4.55. The number of aliphatic hydroxyl groups is 1. The Morgan fingerprint density at radius 2 is 1.71 bits per heavy atom. The van der Waals surface area contributed by atoms with E-state index < -0.39 is 5.60 Å². The molecule has 1 aromatic rings. The zero-order valence-corrected chi connectivity index (χ0v) is 13.8. The third-order valence-electron chi connectivity index (χ3n) is 4.83. The molecule has 2 heteroatoms. The molecule has 0 aromatic heterocycles. The van der Waals surface area contributed by atoms with E-state index in [-0.39, 0.29) is 0 Å². The number of aryl methyl sites for hydroxylation is 1. The highest BCUT2D eigenvalue weighted by Gasteiger charge is 2.30. The monoisotopic (exact) mass is 289 g/mol. The SMILES string of the molecule is CCCCc1ccc(C(O)(CC)CN2CCCCC2)cc1. The highest BCUT2D eigenvalue weighted by Crippen LogP contribution is 2.28. The van der Waals surface area contributed by atoms with E-state index in [2.05, 4.69) is 43.0 Å². The van der Waals surface area contributed by atoms with Gasteiger partial charge >= 0.3 is 0 Å². The summed E-state index contributed by atoms with van der Waals surface area (Å²) in [6, 6.07) is 8.67. The summed E-state index contributed by atoms with van der Waals surface area (Å²) in [6.45, 7) is 7.36. The molecule has 0 bridgehead atoms. The number of rotatable bonds is 7. The van der Waals surface area contributed by atoms with Crippen LogP contribution in [0.2, 0.25) is 0 Å². The summed E-state index contributed by atoms with van der Waals surface area (Å²) >= 11 is 0. The molecule has 1 aliphatic heterocycles. The fourth-order valence-electron chi connectivity index (χ4n) is 3.26. The van der Waals surface area contributed by atoms with Crippen molar-refractivity contribution in [2.24, 2.45) is 0 Å². The molecule has 1 fully saturated rings.